The molecule has 1 aromatic heterocycles. The van der Waals surface area contributed by atoms with E-state index in [1.54, 1.807) is 0 Å². The van der Waals surface area contributed by atoms with Gasteiger partial charge in [-0.3, -0.25) is 0 Å². The van der Waals surface area contributed by atoms with Crippen molar-refractivity contribution in [1.29, 1.82) is 0 Å². The number of nitrogens with one attached hydrogen (secondary N) is 1. The van der Waals surface area contributed by atoms with Crippen molar-refractivity contribution in [2.45, 2.75) is 31.9 Å². The highest BCUT2D eigenvalue weighted by molar-refractivity contribution is 14.1. The lowest BCUT2D eigenvalue weighted by Crippen LogP contribution is -2.39. The predicted octanol–water partition coefficient (Wildman–Crippen LogP) is 1.32. The van der Waals surface area contributed by atoms with Crippen LogP contribution in [0.1, 0.15) is 18.7 Å². The van der Waals surface area contributed by atoms with Crippen LogP contribution in [0.3, 0.4) is 0 Å². The third-order valence-electron chi connectivity index (χ3n) is 2.27. The van der Waals surface area contributed by atoms with E-state index in [4.69, 9.17) is 5.11 Å². The van der Waals surface area contributed by atoms with Gasteiger partial charge in [0, 0.05) is 12.1 Å². The number of hydrogen-bond acceptors (Lipinski definition) is 4. The number of aliphatic hydroxyl groups is 1. The number of aryl methyl sites for hydroxylation is 1. The van der Waals surface area contributed by atoms with Crippen LogP contribution >= 0.6 is 22.6 Å². The second-order valence-electron chi connectivity index (χ2n) is 3.59. The van der Waals surface area contributed by atoms with E-state index < -0.39 is 0 Å². The third-order valence-corrected chi connectivity index (χ3v) is 2.82. The largest absolute Gasteiger partial charge is 0.393 e. The van der Waals surface area contributed by atoms with Crippen molar-refractivity contribution in [1.82, 2.24) is 9.97 Å². The van der Waals surface area contributed by atoms with Crippen molar-refractivity contribution in [3.63, 3.8) is 0 Å². The van der Waals surface area contributed by atoms with Gasteiger partial charge in [0.15, 0.2) is 0 Å². The molecule has 0 atom stereocenters. The van der Waals surface area contributed by atoms with Gasteiger partial charge in [0.05, 0.1) is 6.10 Å². The molecule has 76 valence electrons. The molecule has 2 N–H and O–H groups in total. The van der Waals surface area contributed by atoms with E-state index >= 15 is 0 Å². The molecule has 14 heavy (non-hydrogen) atoms. The van der Waals surface area contributed by atoms with Gasteiger partial charge in [0.2, 0.25) is 0 Å². The highest BCUT2D eigenvalue weighted by atomic mass is 127. The number of anilines is 1. The van der Waals surface area contributed by atoms with E-state index in [1.165, 1.54) is 0 Å². The Hall–Kier alpha value is -0.430. The molecule has 1 aliphatic rings. The zero-order chi connectivity index (χ0) is 10.1. The molecule has 0 spiro atoms. The summed E-state index contributed by atoms with van der Waals surface area (Å²) in [4.78, 5) is 8.46. The van der Waals surface area contributed by atoms with Gasteiger partial charge in [-0.1, -0.05) is 0 Å². The van der Waals surface area contributed by atoms with Crippen molar-refractivity contribution in [3.05, 3.63) is 15.6 Å². The summed E-state index contributed by atoms with van der Waals surface area (Å²) in [5.74, 6) is 1.64. The fourth-order valence-corrected chi connectivity index (χ4v) is 2.16. The Labute approximate surface area is 96.3 Å². The Morgan fingerprint density at radius 2 is 2.21 bits per heavy atom. The second kappa shape index (κ2) is 3.98. The Morgan fingerprint density at radius 1 is 1.50 bits per heavy atom. The quantitative estimate of drug-likeness (QED) is 0.639. The van der Waals surface area contributed by atoms with Gasteiger partial charge in [0.25, 0.3) is 0 Å². The van der Waals surface area contributed by atoms with E-state index in [0.29, 0.717) is 6.04 Å². The van der Waals surface area contributed by atoms with Crippen molar-refractivity contribution < 1.29 is 5.11 Å². The normalized spacial score (nSPS) is 25.6. The maximum Gasteiger partial charge on any atom is 0.130 e. The SMILES string of the molecule is Cc1nc(I)cc(NC2CC(O)C2)n1. The molecule has 1 aliphatic carbocycles. The molecule has 1 heterocycles. The van der Waals surface area contributed by atoms with Crippen LogP contribution in [0.4, 0.5) is 5.82 Å². The second-order valence-corrected chi connectivity index (χ2v) is 4.69. The summed E-state index contributed by atoms with van der Waals surface area (Å²) in [7, 11) is 0. The average Bonchev–Trinajstić information content (AvgIpc) is 1.99. The Bertz CT molecular complexity index is 319. The van der Waals surface area contributed by atoms with Gasteiger partial charge in [0.1, 0.15) is 15.3 Å². The maximum atomic E-state index is 9.13. The highest BCUT2D eigenvalue weighted by Gasteiger charge is 2.27. The average molecular weight is 305 g/mol. The summed E-state index contributed by atoms with van der Waals surface area (Å²) in [6.45, 7) is 1.88. The van der Waals surface area contributed by atoms with Crippen molar-refractivity contribution in [3.8, 4) is 0 Å². The topological polar surface area (TPSA) is 58.0 Å². The van der Waals surface area contributed by atoms with Crippen LogP contribution in [-0.4, -0.2) is 27.2 Å². The van der Waals surface area contributed by atoms with Crippen molar-refractivity contribution in [2.24, 2.45) is 0 Å². The number of aromatic nitrogens is 2. The first-order valence-electron chi connectivity index (χ1n) is 4.59. The molecular formula is C9H12IN3O. The third kappa shape index (κ3) is 2.33. The van der Waals surface area contributed by atoms with E-state index in [0.717, 1.165) is 28.2 Å². The van der Waals surface area contributed by atoms with Crippen LogP contribution in [-0.2, 0) is 0 Å². The summed E-state index contributed by atoms with van der Waals surface area (Å²) < 4.78 is 0.942. The van der Waals surface area contributed by atoms with Crippen LogP contribution in [0.25, 0.3) is 0 Å². The van der Waals surface area contributed by atoms with Crippen LogP contribution < -0.4 is 5.32 Å². The summed E-state index contributed by atoms with van der Waals surface area (Å²) >= 11 is 2.17. The minimum atomic E-state index is -0.130. The summed E-state index contributed by atoms with van der Waals surface area (Å²) in [5.41, 5.74) is 0. The molecule has 1 aromatic rings. The summed E-state index contributed by atoms with van der Waals surface area (Å²) in [6.07, 6.45) is 1.51. The molecule has 1 fully saturated rings. The molecule has 0 saturated heterocycles. The van der Waals surface area contributed by atoms with Gasteiger partial charge >= 0.3 is 0 Å². The van der Waals surface area contributed by atoms with Gasteiger partial charge < -0.3 is 10.4 Å². The van der Waals surface area contributed by atoms with Crippen molar-refractivity contribution >= 4 is 28.4 Å². The number of nitrogens with zero attached hydrogens (tertiary/aromatic N) is 2. The number of aliphatic hydroxyl groups excluding tert-OH is 1. The van der Waals surface area contributed by atoms with Gasteiger partial charge in [-0.25, -0.2) is 9.97 Å². The first-order chi connectivity index (χ1) is 6.63. The zero-order valence-electron chi connectivity index (χ0n) is 7.87. The van der Waals surface area contributed by atoms with Crippen LogP contribution in [0.2, 0.25) is 0 Å². The molecule has 0 unspecified atom stereocenters. The molecule has 0 amide bonds. The zero-order valence-corrected chi connectivity index (χ0v) is 10.0. The minimum absolute atomic E-state index is 0.130. The van der Waals surface area contributed by atoms with Crippen molar-refractivity contribution in [2.75, 3.05) is 5.32 Å². The Morgan fingerprint density at radius 3 is 2.79 bits per heavy atom. The smallest absolute Gasteiger partial charge is 0.130 e. The monoisotopic (exact) mass is 305 g/mol. The minimum Gasteiger partial charge on any atom is -0.393 e. The lowest BCUT2D eigenvalue weighted by molar-refractivity contribution is 0.0835. The molecule has 1 saturated carbocycles. The summed E-state index contributed by atoms with van der Waals surface area (Å²) in [5, 5.41) is 12.4. The Balaban J connectivity index is 2.02. The lowest BCUT2D eigenvalue weighted by atomic mass is 9.89. The van der Waals surface area contributed by atoms with Gasteiger partial charge in [-0.15, -0.1) is 0 Å². The summed E-state index contributed by atoms with van der Waals surface area (Å²) in [6, 6.07) is 2.29. The molecule has 5 heteroatoms. The van der Waals surface area contributed by atoms with Crippen LogP contribution in [0.15, 0.2) is 6.07 Å². The molecule has 4 nitrogen and oxygen atoms in total. The maximum absolute atomic E-state index is 9.13. The fourth-order valence-electron chi connectivity index (χ4n) is 1.52. The molecule has 0 bridgehead atoms. The van der Waals surface area contributed by atoms with E-state index in [9.17, 15) is 0 Å². The van der Waals surface area contributed by atoms with E-state index in [-0.39, 0.29) is 6.10 Å². The molecule has 2 rings (SSSR count). The van der Waals surface area contributed by atoms with Gasteiger partial charge in [-0.2, -0.15) is 0 Å². The highest BCUT2D eigenvalue weighted by Crippen LogP contribution is 2.23. The first-order valence-corrected chi connectivity index (χ1v) is 5.67. The fraction of sp³-hybridized carbons (Fsp3) is 0.556. The first kappa shape index (κ1) is 10.1. The number of halogens is 1. The van der Waals surface area contributed by atoms with Gasteiger partial charge in [-0.05, 0) is 42.4 Å². The molecule has 0 aliphatic heterocycles. The Kier molecular flexibility index (Phi) is 2.87. The van der Waals surface area contributed by atoms with Crippen LogP contribution in [0.5, 0.6) is 0 Å². The van der Waals surface area contributed by atoms with E-state index in [1.807, 2.05) is 13.0 Å². The number of hydrogen-bond donors (Lipinski definition) is 2. The standard InChI is InChI=1S/C9H12IN3O/c1-5-11-8(10)4-9(12-5)13-6-2-7(14)3-6/h4,6-7,14H,2-3H2,1H3,(H,11,12,13). The predicted molar refractivity (Wildman–Crippen MR) is 62.1 cm³/mol. The molecule has 0 aromatic carbocycles. The molecular weight excluding hydrogens is 293 g/mol. The molecule has 0 radical (unpaired) electrons. The van der Waals surface area contributed by atoms with Crippen LogP contribution in [0, 0.1) is 10.6 Å². The van der Waals surface area contributed by atoms with E-state index in [2.05, 4.69) is 37.9 Å². The number of rotatable bonds is 2. The lowest BCUT2D eigenvalue weighted by Gasteiger charge is -2.32.